The molecule has 0 bridgehead atoms. The van der Waals surface area contributed by atoms with E-state index >= 15 is 0 Å². The van der Waals surface area contributed by atoms with Gasteiger partial charge in [-0.2, -0.15) is 0 Å². The number of cyclic esters (lactones) is 1. The third kappa shape index (κ3) is 2.91. The van der Waals surface area contributed by atoms with Crippen molar-refractivity contribution in [2.75, 3.05) is 19.6 Å². The van der Waals surface area contributed by atoms with Crippen LogP contribution in [-0.4, -0.2) is 52.0 Å². The Hall–Kier alpha value is -2.00. The molecule has 0 aliphatic carbocycles. The van der Waals surface area contributed by atoms with Crippen LogP contribution >= 0.6 is 15.9 Å². The predicted molar refractivity (Wildman–Crippen MR) is 92.1 cm³/mol. The van der Waals surface area contributed by atoms with Gasteiger partial charge in [0.05, 0.1) is 18.2 Å². The first-order chi connectivity index (χ1) is 12.1. The molecule has 8 nitrogen and oxygen atoms in total. The SMILES string of the molecule is O=C(NCC1CC2(CCNCC2)C(=O)O1)c1nccn2c(Br)cnc12. The number of carbonyl (C=O) groups is 2. The Morgan fingerprint density at radius 3 is 3.04 bits per heavy atom. The van der Waals surface area contributed by atoms with Crippen molar-refractivity contribution in [2.24, 2.45) is 5.41 Å². The van der Waals surface area contributed by atoms with Crippen LogP contribution in [0.15, 0.2) is 23.2 Å². The molecule has 4 heterocycles. The molecule has 1 unspecified atom stereocenters. The maximum atomic E-state index is 12.5. The van der Waals surface area contributed by atoms with E-state index in [1.807, 2.05) is 0 Å². The molecular formula is C16H18BrN5O3. The van der Waals surface area contributed by atoms with Crippen molar-refractivity contribution in [1.29, 1.82) is 0 Å². The van der Waals surface area contributed by atoms with Gasteiger partial charge in [-0.3, -0.25) is 14.0 Å². The minimum Gasteiger partial charge on any atom is -0.460 e. The highest BCUT2D eigenvalue weighted by Crippen LogP contribution is 2.41. The molecule has 2 aromatic heterocycles. The molecule has 0 radical (unpaired) electrons. The van der Waals surface area contributed by atoms with E-state index in [2.05, 4.69) is 36.5 Å². The molecule has 9 heteroatoms. The van der Waals surface area contributed by atoms with Crippen LogP contribution in [0.25, 0.3) is 5.65 Å². The van der Waals surface area contributed by atoms with Gasteiger partial charge in [0.25, 0.3) is 5.91 Å². The molecule has 132 valence electrons. The average Bonchev–Trinajstić information content (AvgIpc) is 3.14. The number of hydrogen-bond donors (Lipinski definition) is 2. The van der Waals surface area contributed by atoms with E-state index in [0.717, 1.165) is 30.5 Å². The van der Waals surface area contributed by atoms with Gasteiger partial charge in [0.15, 0.2) is 11.3 Å². The second kappa shape index (κ2) is 6.38. The lowest BCUT2D eigenvalue weighted by Crippen LogP contribution is -2.39. The van der Waals surface area contributed by atoms with Crippen molar-refractivity contribution in [2.45, 2.75) is 25.4 Å². The number of amides is 1. The van der Waals surface area contributed by atoms with Crippen molar-refractivity contribution in [3.8, 4) is 0 Å². The Balaban J connectivity index is 1.43. The lowest BCUT2D eigenvalue weighted by Gasteiger charge is -2.29. The number of hydrogen-bond acceptors (Lipinski definition) is 6. The number of fused-ring (bicyclic) bond motifs is 1. The summed E-state index contributed by atoms with van der Waals surface area (Å²) in [6.07, 6.45) is 6.84. The van der Waals surface area contributed by atoms with E-state index in [1.165, 1.54) is 0 Å². The topological polar surface area (TPSA) is 97.6 Å². The Kier molecular flexibility index (Phi) is 4.20. The summed E-state index contributed by atoms with van der Waals surface area (Å²) in [6.45, 7) is 1.94. The summed E-state index contributed by atoms with van der Waals surface area (Å²) in [5.74, 6) is -0.461. The summed E-state index contributed by atoms with van der Waals surface area (Å²) in [5.41, 5.74) is 0.339. The van der Waals surface area contributed by atoms with Crippen LogP contribution in [0.3, 0.4) is 0 Å². The van der Waals surface area contributed by atoms with Gasteiger partial charge in [0.2, 0.25) is 0 Å². The maximum absolute atomic E-state index is 12.5. The summed E-state index contributed by atoms with van der Waals surface area (Å²) in [4.78, 5) is 33.1. The number of nitrogens with one attached hydrogen (secondary N) is 2. The molecule has 0 saturated carbocycles. The largest absolute Gasteiger partial charge is 0.460 e. The normalized spacial score (nSPS) is 22.3. The zero-order valence-corrected chi connectivity index (χ0v) is 15.1. The monoisotopic (exact) mass is 407 g/mol. The zero-order valence-electron chi connectivity index (χ0n) is 13.5. The van der Waals surface area contributed by atoms with Crippen LogP contribution in [0, 0.1) is 5.41 Å². The molecule has 2 N–H and O–H groups in total. The van der Waals surface area contributed by atoms with E-state index in [9.17, 15) is 9.59 Å². The molecule has 0 aromatic carbocycles. The number of piperidine rings is 1. The van der Waals surface area contributed by atoms with Crippen LogP contribution in [0.2, 0.25) is 0 Å². The number of halogens is 1. The third-order valence-electron chi connectivity index (χ3n) is 4.97. The van der Waals surface area contributed by atoms with Crippen molar-refractivity contribution in [3.63, 3.8) is 0 Å². The fourth-order valence-electron chi connectivity index (χ4n) is 3.60. The summed E-state index contributed by atoms with van der Waals surface area (Å²) < 4.78 is 7.99. The first kappa shape index (κ1) is 16.5. The van der Waals surface area contributed by atoms with Gasteiger partial charge in [0.1, 0.15) is 10.7 Å². The molecule has 2 aliphatic heterocycles. The number of rotatable bonds is 3. The molecular weight excluding hydrogens is 390 g/mol. The molecule has 2 saturated heterocycles. The number of aromatic nitrogens is 3. The predicted octanol–water partition coefficient (Wildman–Crippen LogP) is 0.907. The fraction of sp³-hybridized carbons (Fsp3) is 0.500. The number of nitrogens with zero attached hydrogens (tertiary/aromatic N) is 3. The van der Waals surface area contributed by atoms with Crippen LogP contribution < -0.4 is 10.6 Å². The minimum atomic E-state index is -0.382. The standard InChI is InChI=1S/C16H18BrN5O3/c17-11-9-20-13-12(19-5-6-22(11)13)14(23)21-8-10-7-16(15(24)25-10)1-3-18-4-2-16/h5-6,9-10,18H,1-4,7-8H2,(H,21,23). The summed E-state index contributed by atoms with van der Waals surface area (Å²) in [6, 6.07) is 0. The van der Waals surface area contributed by atoms with Crippen molar-refractivity contribution in [1.82, 2.24) is 25.0 Å². The van der Waals surface area contributed by atoms with Crippen molar-refractivity contribution in [3.05, 3.63) is 28.9 Å². The van der Waals surface area contributed by atoms with E-state index in [1.54, 1.807) is 23.0 Å². The van der Waals surface area contributed by atoms with Gasteiger partial charge in [-0.05, 0) is 41.9 Å². The lowest BCUT2D eigenvalue weighted by atomic mass is 9.76. The summed E-state index contributed by atoms with van der Waals surface area (Å²) >= 11 is 3.37. The van der Waals surface area contributed by atoms with Gasteiger partial charge in [-0.15, -0.1) is 0 Å². The first-order valence-electron chi connectivity index (χ1n) is 8.27. The van der Waals surface area contributed by atoms with Crippen LogP contribution in [0.5, 0.6) is 0 Å². The van der Waals surface area contributed by atoms with Crippen LogP contribution in [0.1, 0.15) is 29.8 Å². The summed E-state index contributed by atoms with van der Waals surface area (Å²) in [5, 5.41) is 6.09. The minimum absolute atomic E-state index is 0.134. The van der Waals surface area contributed by atoms with Gasteiger partial charge in [-0.1, -0.05) is 0 Å². The second-order valence-corrected chi connectivity index (χ2v) is 7.33. The van der Waals surface area contributed by atoms with Crippen LogP contribution in [-0.2, 0) is 9.53 Å². The highest BCUT2D eigenvalue weighted by atomic mass is 79.9. The average molecular weight is 408 g/mol. The first-order valence-corrected chi connectivity index (χ1v) is 9.06. The second-order valence-electron chi connectivity index (χ2n) is 6.52. The van der Waals surface area contributed by atoms with Gasteiger partial charge >= 0.3 is 5.97 Å². The van der Waals surface area contributed by atoms with Crippen molar-refractivity contribution >= 4 is 33.5 Å². The van der Waals surface area contributed by atoms with Gasteiger partial charge < -0.3 is 15.4 Å². The number of esters is 1. The molecule has 2 aromatic rings. The van der Waals surface area contributed by atoms with Gasteiger partial charge in [0, 0.05) is 18.8 Å². The van der Waals surface area contributed by atoms with E-state index in [4.69, 9.17) is 4.74 Å². The van der Waals surface area contributed by atoms with Crippen molar-refractivity contribution < 1.29 is 14.3 Å². The zero-order chi connectivity index (χ0) is 17.4. The molecule has 1 spiro atoms. The Morgan fingerprint density at radius 2 is 2.24 bits per heavy atom. The Labute approximate surface area is 152 Å². The Bertz CT molecular complexity index is 830. The van der Waals surface area contributed by atoms with E-state index < -0.39 is 0 Å². The maximum Gasteiger partial charge on any atom is 0.312 e. The number of ether oxygens (including phenoxy) is 1. The molecule has 2 fully saturated rings. The molecule has 4 rings (SSSR count). The van der Waals surface area contributed by atoms with Crippen LogP contribution in [0.4, 0.5) is 0 Å². The van der Waals surface area contributed by atoms with E-state index in [-0.39, 0.29) is 35.6 Å². The van der Waals surface area contributed by atoms with E-state index in [0.29, 0.717) is 12.1 Å². The number of carbonyl (C=O) groups excluding carboxylic acids is 2. The summed E-state index contributed by atoms with van der Waals surface area (Å²) in [7, 11) is 0. The fourth-order valence-corrected chi connectivity index (χ4v) is 3.99. The Morgan fingerprint density at radius 1 is 1.44 bits per heavy atom. The lowest BCUT2D eigenvalue weighted by molar-refractivity contribution is -0.149. The third-order valence-corrected chi connectivity index (χ3v) is 5.56. The smallest absolute Gasteiger partial charge is 0.312 e. The molecule has 1 atom stereocenters. The number of imidazole rings is 1. The molecule has 2 aliphatic rings. The quantitative estimate of drug-likeness (QED) is 0.733. The van der Waals surface area contributed by atoms with Gasteiger partial charge in [-0.25, -0.2) is 9.97 Å². The highest BCUT2D eigenvalue weighted by molar-refractivity contribution is 9.10. The highest BCUT2D eigenvalue weighted by Gasteiger charge is 2.49. The molecule has 1 amide bonds. The molecule has 25 heavy (non-hydrogen) atoms.